The monoisotopic (exact) mass is 423 g/mol. The van der Waals surface area contributed by atoms with Gasteiger partial charge in [-0.3, -0.25) is 19.2 Å². The molecule has 3 N–H and O–H groups in total. The van der Waals surface area contributed by atoms with Crippen molar-refractivity contribution < 1.29 is 38.2 Å². The summed E-state index contributed by atoms with van der Waals surface area (Å²) in [6.07, 6.45) is -1.29. The van der Waals surface area contributed by atoms with Gasteiger partial charge in [-0.1, -0.05) is 30.3 Å². The number of carbonyl (C=O) groups is 5. The molecule has 11 nitrogen and oxygen atoms in total. The van der Waals surface area contributed by atoms with Crippen LogP contribution >= 0.6 is 0 Å². The predicted molar refractivity (Wildman–Crippen MR) is 103 cm³/mol. The number of methoxy groups -OCH3 is 1. The van der Waals surface area contributed by atoms with E-state index in [-0.39, 0.29) is 13.2 Å². The highest BCUT2D eigenvalue weighted by Crippen LogP contribution is 2.00. The minimum atomic E-state index is -1.30. The predicted octanol–water partition coefficient (Wildman–Crippen LogP) is -0.360. The van der Waals surface area contributed by atoms with Crippen LogP contribution in [-0.4, -0.2) is 62.7 Å². The summed E-state index contributed by atoms with van der Waals surface area (Å²) in [5.74, 6) is -2.95. The fourth-order valence-electron chi connectivity index (χ4n) is 2.13. The lowest BCUT2D eigenvalue weighted by Gasteiger charge is -2.17. The minimum absolute atomic E-state index is 0.0233. The second-order valence-electron chi connectivity index (χ2n) is 5.84. The van der Waals surface area contributed by atoms with Gasteiger partial charge in [-0.15, -0.1) is 0 Å². The largest absolute Gasteiger partial charge is 0.469 e. The molecule has 0 fully saturated rings. The van der Waals surface area contributed by atoms with Crippen molar-refractivity contribution >= 4 is 29.8 Å². The van der Waals surface area contributed by atoms with Crippen molar-refractivity contribution in [2.75, 3.05) is 26.8 Å². The summed E-state index contributed by atoms with van der Waals surface area (Å²) in [5.41, 5.74) is 0.772. The average Bonchev–Trinajstić information content (AvgIpc) is 2.74. The van der Waals surface area contributed by atoms with Crippen LogP contribution in [0.3, 0.4) is 0 Å². The fourth-order valence-corrected chi connectivity index (χ4v) is 2.13. The van der Waals surface area contributed by atoms with Crippen LogP contribution in [0.15, 0.2) is 30.3 Å². The molecule has 1 aromatic carbocycles. The van der Waals surface area contributed by atoms with Gasteiger partial charge in [0.25, 0.3) is 0 Å². The first kappa shape index (κ1) is 24.4. The molecule has 1 atom stereocenters. The molecule has 0 saturated heterocycles. The summed E-state index contributed by atoms with van der Waals surface area (Å²) in [7, 11) is 1.13. The standard InChI is InChI=1S/C19H25N3O8/c1-3-29-17(25)11-20-18(26)14(9-16(24)28-2)22-15(23)10-21-19(27)30-12-13-7-5-4-6-8-13/h4-8,14H,3,9-12H2,1-2H3,(H,20,26)(H,21,27)(H,22,23). The van der Waals surface area contributed by atoms with Crippen LogP contribution < -0.4 is 16.0 Å². The highest BCUT2D eigenvalue weighted by Gasteiger charge is 2.25. The van der Waals surface area contributed by atoms with E-state index in [2.05, 4.69) is 25.4 Å². The van der Waals surface area contributed by atoms with E-state index in [9.17, 15) is 24.0 Å². The Bertz CT molecular complexity index is 739. The van der Waals surface area contributed by atoms with Crippen molar-refractivity contribution in [3.8, 4) is 0 Å². The molecule has 0 aliphatic carbocycles. The van der Waals surface area contributed by atoms with Gasteiger partial charge in [0, 0.05) is 0 Å². The highest BCUT2D eigenvalue weighted by molar-refractivity contribution is 5.93. The third-order valence-electron chi connectivity index (χ3n) is 3.57. The lowest BCUT2D eigenvalue weighted by Crippen LogP contribution is -2.51. The molecular weight excluding hydrogens is 398 g/mol. The molecule has 0 aromatic heterocycles. The molecule has 1 unspecified atom stereocenters. The van der Waals surface area contributed by atoms with Gasteiger partial charge in [-0.2, -0.15) is 0 Å². The molecule has 30 heavy (non-hydrogen) atoms. The third kappa shape index (κ3) is 10.1. The SMILES string of the molecule is CCOC(=O)CNC(=O)C(CC(=O)OC)NC(=O)CNC(=O)OCc1ccccc1. The topological polar surface area (TPSA) is 149 Å². The molecule has 0 spiro atoms. The smallest absolute Gasteiger partial charge is 0.407 e. The normalized spacial score (nSPS) is 10.9. The molecule has 0 aliphatic rings. The van der Waals surface area contributed by atoms with Crippen LogP contribution in [0.5, 0.6) is 0 Å². The Morgan fingerprint density at radius 1 is 0.933 bits per heavy atom. The van der Waals surface area contributed by atoms with Gasteiger partial charge in [0.2, 0.25) is 11.8 Å². The zero-order chi connectivity index (χ0) is 22.4. The van der Waals surface area contributed by atoms with Crippen LogP contribution in [0.4, 0.5) is 4.79 Å². The maximum Gasteiger partial charge on any atom is 0.407 e. The molecule has 0 radical (unpaired) electrons. The molecule has 11 heteroatoms. The first-order chi connectivity index (χ1) is 14.3. The molecule has 0 heterocycles. The maximum atomic E-state index is 12.2. The van der Waals surface area contributed by atoms with Gasteiger partial charge < -0.3 is 30.2 Å². The number of amides is 3. The second kappa shape index (κ2) is 13.5. The Morgan fingerprint density at radius 2 is 1.63 bits per heavy atom. The second-order valence-corrected chi connectivity index (χ2v) is 5.84. The van der Waals surface area contributed by atoms with E-state index in [1.54, 1.807) is 31.2 Å². The maximum absolute atomic E-state index is 12.2. The summed E-state index contributed by atoms with van der Waals surface area (Å²) < 4.78 is 14.1. The van der Waals surface area contributed by atoms with Crippen molar-refractivity contribution in [3.05, 3.63) is 35.9 Å². The summed E-state index contributed by atoms with van der Waals surface area (Å²) in [5, 5.41) is 6.79. The zero-order valence-electron chi connectivity index (χ0n) is 16.8. The molecule has 0 bridgehead atoms. The van der Waals surface area contributed by atoms with Crippen molar-refractivity contribution in [3.63, 3.8) is 0 Å². The minimum Gasteiger partial charge on any atom is -0.469 e. The molecule has 0 saturated carbocycles. The lowest BCUT2D eigenvalue weighted by molar-refractivity contribution is -0.144. The molecule has 1 aromatic rings. The Balaban J connectivity index is 2.49. The summed E-state index contributed by atoms with van der Waals surface area (Å²) in [4.78, 5) is 58.7. The van der Waals surface area contributed by atoms with Crippen LogP contribution in [-0.2, 0) is 40.0 Å². The van der Waals surface area contributed by atoms with Gasteiger partial charge in [0.1, 0.15) is 25.7 Å². The number of hydrogen-bond acceptors (Lipinski definition) is 8. The van der Waals surface area contributed by atoms with Crippen LogP contribution in [0.1, 0.15) is 18.9 Å². The Labute approximate surface area is 173 Å². The van der Waals surface area contributed by atoms with E-state index >= 15 is 0 Å². The molecule has 3 amide bonds. The van der Waals surface area contributed by atoms with Crippen molar-refractivity contribution in [2.45, 2.75) is 26.0 Å². The first-order valence-electron chi connectivity index (χ1n) is 9.09. The molecular formula is C19H25N3O8. The van der Waals surface area contributed by atoms with Gasteiger partial charge in [-0.05, 0) is 12.5 Å². The number of esters is 2. The van der Waals surface area contributed by atoms with Crippen LogP contribution in [0.2, 0.25) is 0 Å². The number of hydrogen-bond donors (Lipinski definition) is 3. The van der Waals surface area contributed by atoms with E-state index in [1.165, 1.54) is 0 Å². The molecule has 0 aliphatic heterocycles. The number of nitrogens with one attached hydrogen (secondary N) is 3. The zero-order valence-corrected chi connectivity index (χ0v) is 16.8. The van der Waals surface area contributed by atoms with E-state index in [0.29, 0.717) is 0 Å². The van der Waals surface area contributed by atoms with E-state index < -0.39 is 55.4 Å². The van der Waals surface area contributed by atoms with Gasteiger partial charge >= 0.3 is 18.0 Å². The van der Waals surface area contributed by atoms with Gasteiger partial charge in [0.15, 0.2) is 0 Å². The number of carbonyl (C=O) groups excluding carboxylic acids is 5. The van der Waals surface area contributed by atoms with E-state index in [4.69, 9.17) is 4.74 Å². The van der Waals surface area contributed by atoms with Crippen molar-refractivity contribution in [2.24, 2.45) is 0 Å². The van der Waals surface area contributed by atoms with Gasteiger partial charge in [-0.25, -0.2) is 4.79 Å². The summed E-state index contributed by atoms with van der Waals surface area (Å²) >= 11 is 0. The summed E-state index contributed by atoms with van der Waals surface area (Å²) in [6.45, 7) is 0.858. The number of rotatable bonds is 11. The van der Waals surface area contributed by atoms with E-state index in [1.807, 2.05) is 6.07 Å². The number of ether oxygens (including phenoxy) is 3. The van der Waals surface area contributed by atoms with Gasteiger partial charge in [0.05, 0.1) is 20.1 Å². The third-order valence-corrected chi connectivity index (χ3v) is 3.57. The Morgan fingerprint density at radius 3 is 2.27 bits per heavy atom. The van der Waals surface area contributed by atoms with E-state index in [0.717, 1.165) is 12.7 Å². The average molecular weight is 423 g/mol. The molecule has 1 rings (SSSR count). The summed E-state index contributed by atoms with van der Waals surface area (Å²) in [6, 6.07) is 7.64. The highest BCUT2D eigenvalue weighted by atomic mass is 16.5. The Hall–Kier alpha value is -3.63. The fraction of sp³-hybridized carbons (Fsp3) is 0.421. The van der Waals surface area contributed by atoms with Crippen molar-refractivity contribution in [1.29, 1.82) is 0 Å². The lowest BCUT2D eigenvalue weighted by atomic mass is 10.2. The Kier molecular flexibility index (Phi) is 11.0. The first-order valence-corrected chi connectivity index (χ1v) is 9.09. The van der Waals surface area contributed by atoms with Crippen molar-refractivity contribution in [1.82, 2.24) is 16.0 Å². The number of alkyl carbamates (subject to hydrolysis) is 1. The quantitative estimate of drug-likeness (QED) is 0.323. The molecule has 164 valence electrons. The van der Waals surface area contributed by atoms with Crippen LogP contribution in [0.25, 0.3) is 0 Å². The van der Waals surface area contributed by atoms with Crippen LogP contribution in [0, 0.1) is 0 Å². The number of benzene rings is 1.